The van der Waals surface area contributed by atoms with Crippen LogP contribution in [0.4, 0.5) is 13.2 Å². The van der Waals surface area contributed by atoms with E-state index in [9.17, 15) is 27.9 Å². The molecule has 1 saturated heterocycles. The lowest BCUT2D eigenvalue weighted by Crippen LogP contribution is -2.38. The third-order valence-corrected chi connectivity index (χ3v) is 11.3. The number of hydrogen-bond acceptors (Lipinski definition) is 9. The van der Waals surface area contributed by atoms with E-state index in [-0.39, 0.29) is 36.0 Å². The summed E-state index contributed by atoms with van der Waals surface area (Å²) in [6.07, 6.45) is -0.947. The molecule has 0 unspecified atom stereocenters. The van der Waals surface area contributed by atoms with E-state index in [0.29, 0.717) is 60.9 Å². The van der Waals surface area contributed by atoms with Crippen LogP contribution in [-0.4, -0.2) is 70.7 Å². The minimum atomic E-state index is -4.80. The van der Waals surface area contributed by atoms with Crippen LogP contribution in [0.3, 0.4) is 0 Å². The van der Waals surface area contributed by atoms with Gasteiger partial charge >= 0.3 is 12.1 Å². The number of benzene rings is 2. The number of aliphatic carboxylic acids is 1. The van der Waals surface area contributed by atoms with Crippen LogP contribution in [0.1, 0.15) is 59.6 Å². The van der Waals surface area contributed by atoms with Crippen LogP contribution < -0.4 is 24.8 Å². The minimum Gasteiger partial charge on any atom is -0.481 e. The maximum atomic E-state index is 14.6. The second-order valence-corrected chi connectivity index (χ2v) is 14.8. The van der Waals surface area contributed by atoms with Crippen LogP contribution >= 0.6 is 11.6 Å². The van der Waals surface area contributed by atoms with Crippen LogP contribution in [0.25, 0.3) is 22.4 Å². The van der Waals surface area contributed by atoms with E-state index in [1.54, 1.807) is 18.1 Å². The zero-order valence-electron chi connectivity index (χ0n) is 30.6. The summed E-state index contributed by atoms with van der Waals surface area (Å²) in [5.74, 6) is -1.22. The van der Waals surface area contributed by atoms with Gasteiger partial charge in [0.15, 0.2) is 0 Å². The molecule has 4 atom stereocenters. The third kappa shape index (κ3) is 7.28. The summed E-state index contributed by atoms with van der Waals surface area (Å²) in [6, 6.07) is 15.1. The Labute approximate surface area is 325 Å². The van der Waals surface area contributed by atoms with E-state index in [1.165, 1.54) is 7.11 Å². The molecule has 4 aromatic rings. The molecule has 292 valence electrons. The molecular formula is C41H39ClF3N5O6. The summed E-state index contributed by atoms with van der Waals surface area (Å²) in [4.78, 5) is 34.0. The number of pyridine rings is 2. The number of amides is 1. The van der Waals surface area contributed by atoms with E-state index < -0.39 is 35.7 Å². The van der Waals surface area contributed by atoms with Crippen molar-refractivity contribution in [1.82, 2.24) is 25.5 Å². The van der Waals surface area contributed by atoms with Crippen LogP contribution in [-0.2, 0) is 35.3 Å². The van der Waals surface area contributed by atoms with E-state index in [1.807, 2.05) is 48.5 Å². The summed E-state index contributed by atoms with van der Waals surface area (Å²) in [7, 11) is 2.87. The summed E-state index contributed by atoms with van der Waals surface area (Å²) in [5, 5.41) is 16.5. The van der Waals surface area contributed by atoms with Crippen molar-refractivity contribution in [3.05, 3.63) is 99.1 Å². The highest BCUT2D eigenvalue weighted by Crippen LogP contribution is 2.48. The van der Waals surface area contributed by atoms with Gasteiger partial charge in [-0.3, -0.25) is 14.5 Å². The van der Waals surface area contributed by atoms with Gasteiger partial charge in [-0.1, -0.05) is 65.7 Å². The van der Waals surface area contributed by atoms with Gasteiger partial charge in [0.2, 0.25) is 23.5 Å². The Morgan fingerprint density at radius 1 is 0.982 bits per heavy atom. The topological polar surface area (TPSA) is 135 Å². The lowest BCUT2D eigenvalue weighted by molar-refractivity contribution is -0.142. The Bertz CT molecular complexity index is 2250. The highest BCUT2D eigenvalue weighted by Gasteiger charge is 2.48. The van der Waals surface area contributed by atoms with Gasteiger partial charge < -0.3 is 30.0 Å². The Balaban J connectivity index is 1.04. The summed E-state index contributed by atoms with van der Waals surface area (Å²) in [5.41, 5.74) is 5.37. The highest BCUT2D eigenvalue weighted by molar-refractivity contribution is 6.36. The Hall–Kier alpha value is -5.18. The Kier molecular flexibility index (Phi) is 10.1. The van der Waals surface area contributed by atoms with Gasteiger partial charge in [-0.25, -0.2) is 4.98 Å². The first-order chi connectivity index (χ1) is 26.9. The smallest absolute Gasteiger partial charge is 0.421 e. The Morgan fingerprint density at radius 3 is 2.46 bits per heavy atom. The number of alkyl halides is 3. The van der Waals surface area contributed by atoms with Gasteiger partial charge in [-0.2, -0.15) is 18.2 Å². The predicted molar refractivity (Wildman–Crippen MR) is 200 cm³/mol. The second kappa shape index (κ2) is 15.1. The molecule has 0 radical (unpaired) electrons. The molecule has 2 aliphatic carbocycles. The standard InChI is InChI=1S/C41H39ClF3N5O6/c1-54-37-21(18-46-19-24-10-14-35(51)47-24)9-12-31(48-37)29-8-4-7-28(36(29)42)25-5-3-6-27-26(25)11-13-34(27)56-39-30(41(43,44)45)15-23(38(49-39)55-2)20-50-32-16-22(32)17-33(50)40(52)53/h3-9,12,15,17,24,32-34,46H,10-11,13-14,16,18-20H2,1-2H3,(H,47,51)(H,52,53)/t24-,32+,33-,34-/m0/s1. The number of fused-ring (bicyclic) bond motifs is 2. The van der Waals surface area contributed by atoms with Crippen LogP contribution in [0.5, 0.6) is 17.6 Å². The number of hydrogen-bond donors (Lipinski definition) is 3. The fraction of sp³-hybridized carbons (Fsp3) is 0.366. The maximum Gasteiger partial charge on any atom is 0.421 e. The van der Waals surface area contributed by atoms with Gasteiger partial charge in [0.05, 0.1) is 24.9 Å². The zero-order valence-corrected chi connectivity index (χ0v) is 31.3. The molecule has 0 spiro atoms. The molecule has 11 nitrogen and oxygen atoms in total. The van der Waals surface area contributed by atoms with Gasteiger partial charge in [-0.15, -0.1) is 0 Å². The maximum absolute atomic E-state index is 14.6. The number of nitrogens with one attached hydrogen (secondary N) is 2. The molecule has 2 aliphatic heterocycles. The van der Waals surface area contributed by atoms with Gasteiger partial charge in [-0.05, 0) is 54.5 Å². The number of methoxy groups -OCH3 is 2. The summed E-state index contributed by atoms with van der Waals surface area (Å²) >= 11 is 7.12. The van der Waals surface area contributed by atoms with Crippen molar-refractivity contribution in [3.8, 4) is 40.0 Å². The molecule has 0 bridgehead atoms. The SMILES string of the molecule is COc1nc(-c2cccc(-c3cccc4c3CC[C@@H]4Oc3nc(OC)c(CN4[C@@H]5CC5=C[C@H]4C(=O)O)cc3C(F)(F)F)c2Cl)ccc1CNC[C@@H]1CCC(=O)N1. The molecule has 1 amide bonds. The fourth-order valence-corrected chi connectivity index (χ4v) is 8.42. The third-order valence-electron chi connectivity index (χ3n) is 10.9. The van der Waals surface area contributed by atoms with Gasteiger partial charge in [0.1, 0.15) is 17.7 Å². The van der Waals surface area contributed by atoms with Crippen molar-refractivity contribution >= 4 is 23.5 Å². The molecule has 3 N–H and O–H groups in total. The van der Waals surface area contributed by atoms with Crippen LogP contribution in [0, 0.1) is 0 Å². The van der Waals surface area contributed by atoms with Crippen molar-refractivity contribution in [3.63, 3.8) is 0 Å². The monoisotopic (exact) mass is 789 g/mol. The van der Waals surface area contributed by atoms with Crippen molar-refractivity contribution in [2.45, 2.75) is 75.6 Å². The second-order valence-electron chi connectivity index (χ2n) is 14.4. The van der Waals surface area contributed by atoms with E-state index in [2.05, 4.69) is 15.6 Å². The van der Waals surface area contributed by atoms with Crippen molar-refractivity contribution < 1.29 is 42.1 Å². The Morgan fingerprint density at radius 2 is 1.73 bits per heavy atom. The molecule has 2 aromatic heterocycles. The van der Waals surface area contributed by atoms with Crippen LogP contribution in [0.15, 0.2) is 66.2 Å². The highest BCUT2D eigenvalue weighted by atomic mass is 35.5. The summed E-state index contributed by atoms with van der Waals surface area (Å²) < 4.78 is 61.1. The lowest BCUT2D eigenvalue weighted by Gasteiger charge is -2.25. The van der Waals surface area contributed by atoms with Crippen molar-refractivity contribution in [2.75, 3.05) is 20.8 Å². The molecule has 4 aliphatic rings. The van der Waals surface area contributed by atoms with Crippen LogP contribution in [0.2, 0.25) is 5.02 Å². The normalized spacial score (nSPS) is 21.3. The van der Waals surface area contributed by atoms with Crippen molar-refractivity contribution in [2.24, 2.45) is 0 Å². The van der Waals surface area contributed by atoms with E-state index in [4.69, 9.17) is 30.8 Å². The zero-order chi connectivity index (χ0) is 39.3. The first-order valence-corrected chi connectivity index (χ1v) is 18.8. The number of carboxylic acids is 1. The number of carbonyl (C=O) groups excluding carboxylic acids is 1. The van der Waals surface area contributed by atoms with Crippen molar-refractivity contribution in [1.29, 1.82) is 0 Å². The van der Waals surface area contributed by atoms with E-state index >= 15 is 0 Å². The average Bonchev–Trinajstić information content (AvgIpc) is 3.42. The predicted octanol–water partition coefficient (Wildman–Crippen LogP) is 6.90. The largest absolute Gasteiger partial charge is 0.481 e. The average molecular weight is 790 g/mol. The van der Waals surface area contributed by atoms with Gasteiger partial charge in [0, 0.05) is 60.4 Å². The quantitative estimate of drug-likeness (QED) is 0.123. The fourth-order valence-electron chi connectivity index (χ4n) is 8.10. The number of halogens is 4. The number of ether oxygens (including phenoxy) is 3. The number of rotatable bonds is 13. The summed E-state index contributed by atoms with van der Waals surface area (Å²) in [6.45, 7) is 1.05. The molecule has 1 saturated carbocycles. The molecule has 2 aromatic carbocycles. The lowest BCUT2D eigenvalue weighted by atomic mass is 9.94. The molecule has 2 fully saturated rings. The molecule has 15 heteroatoms. The number of carbonyl (C=O) groups is 2. The molecule has 56 heavy (non-hydrogen) atoms. The van der Waals surface area contributed by atoms with Gasteiger partial charge in [0.25, 0.3) is 0 Å². The minimum absolute atomic E-state index is 0.0598. The van der Waals surface area contributed by atoms with E-state index in [0.717, 1.165) is 45.9 Å². The number of aromatic nitrogens is 2. The number of carboxylic acid groups (broad SMARTS) is 1. The first-order valence-electron chi connectivity index (χ1n) is 18.4. The molecule has 4 heterocycles. The molecular weight excluding hydrogens is 751 g/mol. The molecule has 8 rings (SSSR count). The first kappa shape index (κ1) is 37.7. The number of nitrogens with zero attached hydrogens (tertiary/aromatic N) is 3.